The summed E-state index contributed by atoms with van der Waals surface area (Å²) < 4.78 is 0. The average molecular weight is 262 g/mol. The maximum absolute atomic E-state index is 9.65. The first kappa shape index (κ1) is 12.7. The molecule has 0 bridgehead atoms. The van der Waals surface area contributed by atoms with Gasteiger partial charge in [0.2, 0.25) is 0 Å². The van der Waals surface area contributed by atoms with E-state index in [9.17, 15) is 5.11 Å². The number of aromatic nitrogens is 2. The molecular formula is C12H14N4OS. The topological polar surface area (TPSA) is 84.1 Å². The monoisotopic (exact) mass is 262 g/mol. The van der Waals surface area contributed by atoms with E-state index in [4.69, 9.17) is 5.84 Å². The molecule has 94 valence electrons. The summed E-state index contributed by atoms with van der Waals surface area (Å²) in [5, 5.41) is 9.65. The van der Waals surface area contributed by atoms with Crippen LogP contribution in [0.1, 0.15) is 11.5 Å². The predicted octanol–water partition coefficient (Wildman–Crippen LogP) is 2.07. The molecule has 0 spiro atoms. The summed E-state index contributed by atoms with van der Waals surface area (Å²) in [5.74, 6) is 7.45. The van der Waals surface area contributed by atoms with Gasteiger partial charge < -0.3 is 10.5 Å². The first-order chi connectivity index (χ1) is 8.69. The minimum absolute atomic E-state index is 0.271. The van der Waals surface area contributed by atoms with E-state index in [2.05, 4.69) is 15.4 Å². The second-order valence-electron chi connectivity index (χ2n) is 3.71. The number of nitrogens with one attached hydrogen (secondary N) is 1. The van der Waals surface area contributed by atoms with Gasteiger partial charge in [-0.1, -0.05) is 12.1 Å². The van der Waals surface area contributed by atoms with Crippen molar-refractivity contribution in [3.05, 3.63) is 41.9 Å². The summed E-state index contributed by atoms with van der Waals surface area (Å²) in [5.41, 5.74) is 3.36. The number of thioether (sulfide) groups is 1. The van der Waals surface area contributed by atoms with Gasteiger partial charge in [0.1, 0.15) is 17.4 Å². The maximum atomic E-state index is 9.65. The molecule has 5 nitrogen and oxygen atoms in total. The van der Waals surface area contributed by atoms with Gasteiger partial charge in [-0.3, -0.25) is 0 Å². The first-order valence-corrected chi connectivity index (χ1v) is 6.39. The number of para-hydroxylation sites is 1. The van der Waals surface area contributed by atoms with Crippen molar-refractivity contribution in [1.29, 1.82) is 0 Å². The molecule has 0 aliphatic carbocycles. The normalized spacial score (nSPS) is 10.3. The Balaban J connectivity index is 2.11. The van der Waals surface area contributed by atoms with Gasteiger partial charge >= 0.3 is 0 Å². The lowest BCUT2D eigenvalue weighted by Crippen LogP contribution is -2.10. The molecule has 0 aliphatic heterocycles. The molecule has 2 aromatic rings. The van der Waals surface area contributed by atoms with E-state index in [1.165, 1.54) is 11.8 Å². The molecule has 18 heavy (non-hydrogen) atoms. The van der Waals surface area contributed by atoms with Gasteiger partial charge in [-0.25, -0.2) is 15.8 Å². The Hall–Kier alpha value is -1.79. The van der Waals surface area contributed by atoms with Gasteiger partial charge in [-0.2, -0.15) is 0 Å². The zero-order valence-electron chi connectivity index (χ0n) is 9.92. The Morgan fingerprint density at radius 2 is 2.11 bits per heavy atom. The van der Waals surface area contributed by atoms with Gasteiger partial charge in [-0.15, -0.1) is 11.8 Å². The number of aryl methyl sites for hydroxylation is 1. The molecule has 0 saturated carbocycles. The van der Waals surface area contributed by atoms with Crippen LogP contribution in [0, 0.1) is 6.92 Å². The molecule has 6 heteroatoms. The second kappa shape index (κ2) is 5.70. The molecule has 0 radical (unpaired) electrons. The number of nitrogens with zero attached hydrogens (tertiary/aromatic N) is 2. The minimum atomic E-state index is 0.271. The number of phenols is 1. The fourth-order valence-electron chi connectivity index (χ4n) is 1.49. The van der Waals surface area contributed by atoms with Crippen LogP contribution < -0.4 is 11.3 Å². The largest absolute Gasteiger partial charge is 0.507 e. The van der Waals surface area contributed by atoms with Crippen molar-refractivity contribution in [2.45, 2.75) is 17.6 Å². The highest BCUT2D eigenvalue weighted by molar-refractivity contribution is 7.98. The van der Waals surface area contributed by atoms with Crippen LogP contribution in [0.25, 0.3) is 0 Å². The lowest BCUT2D eigenvalue weighted by atomic mass is 10.3. The SMILES string of the molecule is Cc1cc(NN)nc(CSc2ccccc2O)n1. The van der Waals surface area contributed by atoms with Crippen molar-refractivity contribution < 1.29 is 5.11 Å². The Kier molecular flexibility index (Phi) is 4.01. The number of aromatic hydroxyl groups is 1. The third-order valence-electron chi connectivity index (χ3n) is 2.27. The van der Waals surface area contributed by atoms with Gasteiger partial charge in [0.15, 0.2) is 0 Å². The van der Waals surface area contributed by atoms with E-state index in [1.807, 2.05) is 19.1 Å². The molecule has 1 aromatic carbocycles. The Labute approximate surface area is 109 Å². The quantitative estimate of drug-likeness (QED) is 0.444. The van der Waals surface area contributed by atoms with E-state index in [0.29, 0.717) is 17.4 Å². The third-order valence-corrected chi connectivity index (χ3v) is 3.33. The van der Waals surface area contributed by atoms with Crippen molar-refractivity contribution in [3.8, 4) is 5.75 Å². The number of nitrogen functional groups attached to an aromatic ring is 1. The number of hydrogen-bond donors (Lipinski definition) is 3. The van der Waals surface area contributed by atoms with E-state index < -0.39 is 0 Å². The zero-order valence-corrected chi connectivity index (χ0v) is 10.7. The highest BCUT2D eigenvalue weighted by Crippen LogP contribution is 2.29. The number of anilines is 1. The third kappa shape index (κ3) is 3.12. The standard InChI is InChI=1S/C12H14N4OS/c1-8-6-11(16-13)15-12(14-8)7-18-10-5-3-2-4-9(10)17/h2-6,17H,7,13H2,1H3,(H,14,15,16). The minimum Gasteiger partial charge on any atom is -0.507 e. The molecule has 2 rings (SSSR count). The summed E-state index contributed by atoms with van der Waals surface area (Å²) in [6.07, 6.45) is 0. The molecule has 0 amide bonds. The summed E-state index contributed by atoms with van der Waals surface area (Å²) >= 11 is 1.48. The fraction of sp³-hybridized carbons (Fsp3) is 0.167. The van der Waals surface area contributed by atoms with Crippen molar-refractivity contribution in [3.63, 3.8) is 0 Å². The van der Waals surface area contributed by atoms with E-state index >= 15 is 0 Å². The zero-order chi connectivity index (χ0) is 13.0. The van der Waals surface area contributed by atoms with E-state index in [1.54, 1.807) is 18.2 Å². The van der Waals surface area contributed by atoms with Gasteiger partial charge in [0.25, 0.3) is 0 Å². The van der Waals surface area contributed by atoms with Crippen LogP contribution in [0.15, 0.2) is 35.2 Å². The smallest absolute Gasteiger partial charge is 0.143 e. The van der Waals surface area contributed by atoms with Crippen LogP contribution in [-0.2, 0) is 5.75 Å². The molecular weight excluding hydrogens is 248 g/mol. The summed E-state index contributed by atoms with van der Waals surface area (Å²) in [7, 11) is 0. The number of rotatable bonds is 4. The maximum Gasteiger partial charge on any atom is 0.143 e. The molecule has 1 aromatic heterocycles. The van der Waals surface area contributed by atoms with Crippen molar-refractivity contribution in [1.82, 2.24) is 9.97 Å². The summed E-state index contributed by atoms with van der Waals surface area (Å²) in [4.78, 5) is 9.37. The van der Waals surface area contributed by atoms with Crippen LogP contribution >= 0.6 is 11.8 Å². The Morgan fingerprint density at radius 1 is 1.33 bits per heavy atom. The van der Waals surface area contributed by atoms with Crippen LogP contribution in [0.3, 0.4) is 0 Å². The number of nitrogens with two attached hydrogens (primary N) is 1. The molecule has 0 saturated heterocycles. The molecule has 0 fully saturated rings. The predicted molar refractivity (Wildman–Crippen MR) is 72.2 cm³/mol. The van der Waals surface area contributed by atoms with E-state index in [0.717, 1.165) is 10.6 Å². The molecule has 0 aliphatic rings. The van der Waals surface area contributed by atoms with Crippen LogP contribution in [0.4, 0.5) is 5.82 Å². The van der Waals surface area contributed by atoms with Gasteiger partial charge in [-0.05, 0) is 19.1 Å². The van der Waals surface area contributed by atoms with Gasteiger partial charge in [0.05, 0.1) is 5.75 Å². The highest BCUT2D eigenvalue weighted by atomic mass is 32.2. The van der Waals surface area contributed by atoms with Crippen molar-refractivity contribution in [2.75, 3.05) is 5.43 Å². The van der Waals surface area contributed by atoms with Gasteiger partial charge in [0, 0.05) is 16.7 Å². The summed E-state index contributed by atoms with van der Waals surface area (Å²) in [6, 6.07) is 8.96. The molecule has 1 heterocycles. The Morgan fingerprint density at radius 3 is 2.83 bits per heavy atom. The van der Waals surface area contributed by atoms with Crippen LogP contribution in [0.2, 0.25) is 0 Å². The van der Waals surface area contributed by atoms with E-state index in [-0.39, 0.29) is 5.75 Å². The number of benzene rings is 1. The number of hydrazine groups is 1. The van der Waals surface area contributed by atoms with Crippen LogP contribution in [-0.4, -0.2) is 15.1 Å². The van der Waals surface area contributed by atoms with Crippen molar-refractivity contribution in [2.24, 2.45) is 5.84 Å². The lowest BCUT2D eigenvalue weighted by Gasteiger charge is -2.06. The highest BCUT2D eigenvalue weighted by Gasteiger charge is 2.05. The van der Waals surface area contributed by atoms with Crippen molar-refractivity contribution >= 4 is 17.6 Å². The first-order valence-electron chi connectivity index (χ1n) is 5.41. The fourth-order valence-corrected chi connectivity index (χ4v) is 2.29. The Bertz CT molecular complexity index is 547. The lowest BCUT2D eigenvalue weighted by molar-refractivity contribution is 0.462. The summed E-state index contributed by atoms with van der Waals surface area (Å²) in [6.45, 7) is 1.89. The number of phenolic OH excluding ortho intramolecular Hbond substituents is 1. The van der Waals surface area contributed by atoms with Crippen LogP contribution in [0.5, 0.6) is 5.75 Å². The molecule has 4 N–H and O–H groups in total. The molecule has 0 atom stereocenters. The molecule has 0 unspecified atom stereocenters. The number of hydrogen-bond acceptors (Lipinski definition) is 6. The average Bonchev–Trinajstić information content (AvgIpc) is 2.37. The second-order valence-corrected chi connectivity index (χ2v) is 4.73.